The summed E-state index contributed by atoms with van der Waals surface area (Å²) in [7, 11) is 0. The van der Waals surface area contributed by atoms with E-state index in [4.69, 9.17) is 0 Å². The van der Waals surface area contributed by atoms with Gasteiger partial charge in [-0.05, 0) is 57.8 Å². The molecule has 0 aliphatic carbocycles. The van der Waals surface area contributed by atoms with Crippen molar-refractivity contribution in [3.63, 3.8) is 0 Å². The molecule has 0 amide bonds. The van der Waals surface area contributed by atoms with Gasteiger partial charge < -0.3 is 29.7 Å². The molecule has 0 radical (unpaired) electrons. The van der Waals surface area contributed by atoms with Crippen molar-refractivity contribution in [3.8, 4) is 0 Å². The summed E-state index contributed by atoms with van der Waals surface area (Å²) < 4.78 is 0. The number of carbonyl (C=O) groups is 3. The topological polar surface area (TPSA) is 120 Å². The molecular formula is C30H57InO6. The van der Waals surface area contributed by atoms with Crippen LogP contribution in [0.5, 0.6) is 0 Å². The van der Waals surface area contributed by atoms with Gasteiger partial charge in [0, 0.05) is 34.2 Å². The predicted octanol–water partition coefficient (Wildman–Crippen LogP) is 4.82. The Bertz CT molecular complexity index is 492. The molecule has 0 unspecified atom stereocenters. The second-order valence-electron chi connectivity index (χ2n) is 10.3. The third kappa shape index (κ3) is 15.5. The zero-order chi connectivity index (χ0) is 28.8. The number of carboxylic acids is 3. The van der Waals surface area contributed by atoms with Gasteiger partial charge in [0.05, 0.1) is 0 Å². The van der Waals surface area contributed by atoms with Crippen molar-refractivity contribution >= 4 is 43.8 Å². The summed E-state index contributed by atoms with van der Waals surface area (Å²) in [4.78, 5) is 32.8. The molecule has 37 heavy (non-hydrogen) atoms. The van der Waals surface area contributed by atoms with Gasteiger partial charge in [0.1, 0.15) is 0 Å². The van der Waals surface area contributed by atoms with Gasteiger partial charge in [0.2, 0.25) is 0 Å². The maximum Gasteiger partial charge on any atom is 3.00 e. The predicted molar refractivity (Wildman–Crippen MR) is 148 cm³/mol. The van der Waals surface area contributed by atoms with E-state index < -0.39 is 34.2 Å². The zero-order valence-electron chi connectivity index (χ0n) is 25.6. The van der Waals surface area contributed by atoms with E-state index in [9.17, 15) is 29.7 Å². The molecule has 0 saturated carbocycles. The van der Waals surface area contributed by atoms with Crippen molar-refractivity contribution in [1.82, 2.24) is 0 Å². The second kappa shape index (κ2) is 24.3. The van der Waals surface area contributed by atoms with Crippen molar-refractivity contribution in [1.29, 1.82) is 0 Å². The number of carboxylic acid groups (broad SMARTS) is 3. The number of hydrogen-bond acceptors (Lipinski definition) is 6. The van der Waals surface area contributed by atoms with Crippen LogP contribution in [0.2, 0.25) is 0 Å². The largest absolute Gasteiger partial charge is 3.00 e. The third-order valence-corrected chi connectivity index (χ3v) is 7.70. The van der Waals surface area contributed by atoms with Gasteiger partial charge in [-0.25, -0.2) is 0 Å². The summed E-state index contributed by atoms with van der Waals surface area (Å²) >= 11 is 0. The first-order valence-electron chi connectivity index (χ1n) is 14.5. The van der Waals surface area contributed by atoms with Crippen LogP contribution >= 0.6 is 0 Å². The molecule has 0 rings (SSSR count). The average Bonchev–Trinajstić information content (AvgIpc) is 2.83. The van der Waals surface area contributed by atoms with E-state index in [0.29, 0.717) is 19.3 Å². The van der Waals surface area contributed by atoms with E-state index >= 15 is 0 Å². The maximum atomic E-state index is 10.9. The van der Waals surface area contributed by atoms with Crippen LogP contribution in [0.4, 0.5) is 0 Å². The maximum absolute atomic E-state index is 10.9. The standard InChI is InChI=1S/3C10H20O2.In/c3*1-4-7-10(6-3,8-5-2)9(11)12;/h3*4-8H2,1-3H3,(H,11,12);/q;;;+3/p-3. The van der Waals surface area contributed by atoms with Gasteiger partial charge in [-0.3, -0.25) is 0 Å². The fraction of sp³-hybridized carbons (Fsp3) is 0.900. The molecule has 0 heterocycles. The SMILES string of the molecule is CCCC(CC)(CCC)C(=O)[O-].CCCC(CC)(CCC)C(=O)[O-].CCCC(CC)(CCC)C(=O)[O-].[In+3]. The molecule has 0 aromatic carbocycles. The van der Waals surface area contributed by atoms with Gasteiger partial charge in [-0.1, -0.05) is 101 Å². The first-order valence-corrected chi connectivity index (χ1v) is 14.5. The molecule has 0 aliphatic rings. The quantitative estimate of drug-likeness (QED) is 0.215. The molecule has 0 aromatic rings. The smallest absolute Gasteiger partial charge is 0.550 e. The summed E-state index contributed by atoms with van der Waals surface area (Å²) in [5.74, 6) is -2.60. The Morgan fingerprint density at radius 1 is 0.405 bits per heavy atom. The Morgan fingerprint density at radius 3 is 0.595 bits per heavy atom. The van der Waals surface area contributed by atoms with Gasteiger partial charge >= 0.3 is 25.8 Å². The van der Waals surface area contributed by atoms with E-state index in [1.54, 1.807) is 0 Å². The third-order valence-electron chi connectivity index (χ3n) is 7.70. The fourth-order valence-electron chi connectivity index (χ4n) is 5.35. The number of aliphatic carboxylic acids is 3. The molecule has 0 bridgehead atoms. The van der Waals surface area contributed by atoms with Crippen LogP contribution in [0.3, 0.4) is 0 Å². The van der Waals surface area contributed by atoms with E-state index in [0.717, 1.165) is 77.0 Å². The van der Waals surface area contributed by atoms with Gasteiger partial charge in [-0.2, -0.15) is 0 Å². The van der Waals surface area contributed by atoms with E-state index in [1.165, 1.54) is 0 Å². The molecule has 216 valence electrons. The van der Waals surface area contributed by atoms with Crippen LogP contribution in [-0.2, 0) is 14.4 Å². The molecule has 6 nitrogen and oxygen atoms in total. The van der Waals surface area contributed by atoms with Crippen molar-refractivity contribution in [3.05, 3.63) is 0 Å². The molecular weight excluding hydrogens is 571 g/mol. The van der Waals surface area contributed by atoms with E-state index in [1.807, 2.05) is 62.3 Å². The van der Waals surface area contributed by atoms with E-state index in [-0.39, 0.29) is 25.8 Å². The Kier molecular flexibility index (Phi) is 28.5. The minimum absolute atomic E-state index is 0. The van der Waals surface area contributed by atoms with Gasteiger partial charge in [-0.15, -0.1) is 0 Å². The van der Waals surface area contributed by atoms with Crippen molar-refractivity contribution in [2.75, 3.05) is 0 Å². The van der Waals surface area contributed by atoms with Crippen LogP contribution in [0.15, 0.2) is 0 Å². The number of rotatable bonds is 18. The summed E-state index contributed by atoms with van der Waals surface area (Å²) in [6, 6.07) is 0. The summed E-state index contributed by atoms with van der Waals surface area (Å²) in [6.07, 6.45) is 12.1. The monoisotopic (exact) mass is 628 g/mol. The van der Waals surface area contributed by atoms with Crippen molar-refractivity contribution in [2.45, 2.75) is 159 Å². The Morgan fingerprint density at radius 2 is 0.541 bits per heavy atom. The summed E-state index contributed by atoms with van der Waals surface area (Å²) in [5, 5.41) is 32.8. The Hall–Kier alpha value is -0.720. The normalized spacial score (nSPS) is 11.3. The van der Waals surface area contributed by atoms with Gasteiger partial charge in [0.25, 0.3) is 0 Å². The second-order valence-corrected chi connectivity index (χ2v) is 10.3. The minimum Gasteiger partial charge on any atom is -0.550 e. The van der Waals surface area contributed by atoms with Crippen LogP contribution in [-0.4, -0.2) is 43.8 Å². The minimum atomic E-state index is -0.867. The molecule has 0 spiro atoms. The zero-order valence-corrected chi connectivity index (χ0v) is 28.9. The number of hydrogen-bond donors (Lipinski definition) is 0. The first-order chi connectivity index (χ1) is 16.9. The molecule has 7 heteroatoms. The fourth-order valence-corrected chi connectivity index (χ4v) is 5.35. The van der Waals surface area contributed by atoms with Crippen molar-refractivity contribution < 1.29 is 29.7 Å². The number of carbonyl (C=O) groups excluding carboxylic acids is 3. The first kappa shape index (κ1) is 43.3. The van der Waals surface area contributed by atoms with Crippen LogP contribution in [0, 0.1) is 16.2 Å². The van der Waals surface area contributed by atoms with Crippen LogP contribution < -0.4 is 15.3 Å². The summed E-state index contributed by atoms with van der Waals surface area (Å²) in [5.41, 5.74) is -1.66. The summed E-state index contributed by atoms with van der Waals surface area (Å²) in [6.45, 7) is 17.9. The average molecular weight is 629 g/mol. The molecule has 0 aromatic heterocycles. The van der Waals surface area contributed by atoms with Crippen LogP contribution in [0.1, 0.15) is 159 Å². The Balaban J connectivity index is -0.000000218. The molecule has 0 N–H and O–H groups in total. The van der Waals surface area contributed by atoms with Gasteiger partial charge in [0.15, 0.2) is 0 Å². The molecule has 0 fully saturated rings. The van der Waals surface area contributed by atoms with Crippen molar-refractivity contribution in [2.24, 2.45) is 16.2 Å². The molecule has 0 atom stereocenters. The van der Waals surface area contributed by atoms with E-state index in [2.05, 4.69) is 0 Å². The van der Waals surface area contributed by atoms with Crippen LogP contribution in [0.25, 0.3) is 0 Å². The molecule has 0 aliphatic heterocycles. The molecule has 0 saturated heterocycles. The Labute approximate surface area is 247 Å².